The lowest BCUT2D eigenvalue weighted by molar-refractivity contribution is 0.278. The predicted molar refractivity (Wildman–Crippen MR) is 43.9 cm³/mol. The Kier molecular flexibility index (Phi) is 1.74. The van der Waals surface area contributed by atoms with Crippen LogP contribution < -0.4 is 0 Å². The third kappa shape index (κ3) is 1.21. The molecular weight excluding hydrogens is 136 g/mol. The first-order valence-corrected chi connectivity index (χ1v) is 4.77. The summed E-state index contributed by atoms with van der Waals surface area (Å²) in [5.74, 6) is 0.703. The largest absolute Gasteiger partial charge is 0.290 e. The Hall–Kier alpha value is -0.330. The second-order valence-electron chi connectivity index (χ2n) is 4.09. The molecule has 2 saturated carbocycles. The average Bonchev–Trinajstić information content (AvgIpc) is 2.86. The normalized spacial score (nSPS) is 29.8. The van der Waals surface area contributed by atoms with Gasteiger partial charge in [-0.15, -0.1) is 0 Å². The van der Waals surface area contributed by atoms with Crippen molar-refractivity contribution in [2.24, 2.45) is 11.3 Å². The van der Waals surface area contributed by atoms with Crippen LogP contribution in [0.25, 0.3) is 0 Å². The Labute approximate surface area is 68.2 Å². The Morgan fingerprint density at radius 1 is 1.09 bits per heavy atom. The molecule has 0 unspecified atom stereocenters. The molecule has 2 fully saturated rings. The molecule has 1 radical (unpaired) electrons. The number of rotatable bonds is 2. The van der Waals surface area contributed by atoms with Gasteiger partial charge in [-0.05, 0) is 31.6 Å². The van der Waals surface area contributed by atoms with Crippen LogP contribution in [0.4, 0.5) is 0 Å². The zero-order chi connectivity index (χ0) is 7.73. The fourth-order valence-corrected chi connectivity index (χ4v) is 2.38. The minimum absolute atomic E-state index is 0.0560. The fourth-order valence-electron chi connectivity index (χ4n) is 2.38. The molecule has 2 aliphatic carbocycles. The molecular formula is C10H15O. The summed E-state index contributed by atoms with van der Waals surface area (Å²) >= 11 is 0. The van der Waals surface area contributed by atoms with E-state index in [-0.39, 0.29) is 5.41 Å². The van der Waals surface area contributed by atoms with Gasteiger partial charge in [-0.1, -0.05) is 19.3 Å². The maximum absolute atomic E-state index is 10.7. The van der Waals surface area contributed by atoms with Gasteiger partial charge in [-0.25, -0.2) is 0 Å². The summed E-state index contributed by atoms with van der Waals surface area (Å²) in [7, 11) is 0. The van der Waals surface area contributed by atoms with Crippen molar-refractivity contribution in [3.8, 4) is 0 Å². The van der Waals surface area contributed by atoms with Crippen LogP contribution in [0.1, 0.15) is 44.9 Å². The van der Waals surface area contributed by atoms with Crippen molar-refractivity contribution in [2.45, 2.75) is 44.9 Å². The SMILES string of the molecule is O=[C]C1(C2CCCCC2)CC1. The Morgan fingerprint density at radius 2 is 1.73 bits per heavy atom. The third-order valence-corrected chi connectivity index (χ3v) is 3.38. The molecule has 0 saturated heterocycles. The molecule has 1 heteroatoms. The quantitative estimate of drug-likeness (QED) is 0.592. The molecule has 0 aromatic carbocycles. The van der Waals surface area contributed by atoms with E-state index in [9.17, 15) is 4.79 Å². The predicted octanol–water partition coefficient (Wildman–Crippen LogP) is 2.46. The van der Waals surface area contributed by atoms with E-state index in [1.165, 1.54) is 32.1 Å². The van der Waals surface area contributed by atoms with Gasteiger partial charge < -0.3 is 0 Å². The molecule has 1 nitrogen and oxygen atoms in total. The van der Waals surface area contributed by atoms with Gasteiger partial charge in [0.15, 0.2) is 0 Å². The van der Waals surface area contributed by atoms with Gasteiger partial charge in [0.05, 0.1) is 0 Å². The number of hydrogen-bond donors (Lipinski definition) is 0. The lowest BCUT2D eigenvalue weighted by atomic mass is 9.78. The minimum Gasteiger partial charge on any atom is -0.290 e. The highest BCUT2D eigenvalue weighted by Crippen LogP contribution is 2.54. The molecule has 0 atom stereocenters. The van der Waals surface area contributed by atoms with E-state index in [2.05, 4.69) is 6.29 Å². The average molecular weight is 151 g/mol. The van der Waals surface area contributed by atoms with Crippen LogP contribution in [0.15, 0.2) is 0 Å². The molecule has 2 aliphatic rings. The fraction of sp³-hybridized carbons (Fsp3) is 0.900. The van der Waals surface area contributed by atoms with Gasteiger partial charge in [0.1, 0.15) is 0 Å². The smallest absolute Gasteiger partial charge is 0.205 e. The Bertz CT molecular complexity index is 152. The zero-order valence-electron chi connectivity index (χ0n) is 6.94. The molecule has 0 aliphatic heterocycles. The minimum atomic E-state index is 0.0560. The second kappa shape index (κ2) is 2.62. The maximum Gasteiger partial charge on any atom is 0.205 e. The summed E-state index contributed by atoms with van der Waals surface area (Å²) in [6, 6.07) is 0. The summed E-state index contributed by atoms with van der Waals surface area (Å²) < 4.78 is 0. The lowest BCUT2D eigenvalue weighted by Gasteiger charge is -2.25. The topological polar surface area (TPSA) is 17.1 Å². The van der Waals surface area contributed by atoms with Gasteiger partial charge in [-0.2, -0.15) is 0 Å². The van der Waals surface area contributed by atoms with E-state index in [1.807, 2.05) is 0 Å². The molecule has 0 aromatic heterocycles. The van der Waals surface area contributed by atoms with E-state index in [4.69, 9.17) is 0 Å². The summed E-state index contributed by atoms with van der Waals surface area (Å²) in [6.07, 6.45) is 11.2. The molecule has 0 amide bonds. The highest BCUT2D eigenvalue weighted by Gasteiger charge is 2.49. The molecule has 11 heavy (non-hydrogen) atoms. The van der Waals surface area contributed by atoms with Gasteiger partial charge in [0.25, 0.3) is 0 Å². The van der Waals surface area contributed by atoms with Crippen LogP contribution in [-0.4, -0.2) is 6.29 Å². The van der Waals surface area contributed by atoms with Gasteiger partial charge in [-0.3, -0.25) is 4.79 Å². The molecule has 0 heterocycles. The van der Waals surface area contributed by atoms with Crippen molar-refractivity contribution in [1.82, 2.24) is 0 Å². The van der Waals surface area contributed by atoms with E-state index in [1.54, 1.807) is 0 Å². The van der Waals surface area contributed by atoms with Crippen molar-refractivity contribution < 1.29 is 4.79 Å². The van der Waals surface area contributed by atoms with Crippen LogP contribution in [0.2, 0.25) is 0 Å². The summed E-state index contributed by atoms with van der Waals surface area (Å²) in [5, 5.41) is 0. The third-order valence-electron chi connectivity index (χ3n) is 3.38. The number of carbonyl (C=O) groups excluding carboxylic acids is 1. The van der Waals surface area contributed by atoms with Crippen molar-refractivity contribution in [3.05, 3.63) is 0 Å². The van der Waals surface area contributed by atoms with Crippen molar-refractivity contribution >= 4 is 6.29 Å². The van der Waals surface area contributed by atoms with Gasteiger partial charge in [0, 0.05) is 5.41 Å². The number of hydrogen-bond acceptors (Lipinski definition) is 1. The molecule has 61 valence electrons. The molecule has 2 rings (SSSR count). The molecule has 0 spiro atoms. The monoisotopic (exact) mass is 151 g/mol. The highest BCUT2D eigenvalue weighted by atomic mass is 16.1. The van der Waals surface area contributed by atoms with Crippen molar-refractivity contribution in [3.63, 3.8) is 0 Å². The van der Waals surface area contributed by atoms with Gasteiger partial charge in [0.2, 0.25) is 6.29 Å². The highest BCUT2D eigenvalue weighted by molar-refractivity contribution is 5.64. The van der Waals surface area contributed by atoms with E-state index >= 15 is 0 Å². The molecule has 0 aromatic rings. The van der Waals surface area contributed by atoms with Crippen molar-refractivity contribution in [2.75, 3.05) is 0 Å². The second-order valence-corrected chi connectivity index (χ2v) is 4.09. The lowest BCUT2D eigenvalue weighted by Crippen LogP contribution is -2.20. The van der Waals surface area contributed by atoms with Crippen molar-refractivity contribution in [1.29, 1.82) is 0 Å². The van der Waals surface area contributed by atoms with Crippen LogP contribution in [0.3, 0.4) is 0 Å². The summed E-state index contributed by atoms with van der Waals surface area (Å²) in [4.78, 5) is 10.7. The van der Waals surface area contributed by atoms with Crippen LogP contribution in [0, 0.1) is 11.3 Å². The Morgan fingerprint density at radius 3 is 2.18 bits per heavy atom. The Balaban J connectivity index is 1.97. The zero-order valence-corrected chi connectivity index (χ0v) is 6.94. The first-order valence-electron chi connectivity index (χ1n) is 4.77. The van der Waals surface area contributed by atoms with E-state index in [0.717, 1.165) is 12.8 Å². The van der Waals surface area contributed by atoms with Crippen LogP contribution >= 0.6 is 0 Å². The standard InChI is InChI=1S/C10H15O/c11-8-10(6-7-10)9-4-2-1-3-5-9/h9H,1-7H2. The molecule has 0 N–H and O–H groups in total. The van der Waals surface area contributed by atoms with Crippen LogP contribution in [-0.2, 0) is 4.79 Å². The van der Waals surface area contributed by atoms with E-state index < -0.39 is 0 Å². The molecule has 0 bridgehead atoms. The van der Waals surface area contributed by atoms with E-state index in [0.29, 0.717) is 5.92 Å². The first-order chi connectivity index (χ1) is 5.37. The van der Waals surface area contributed by atoms with Gasteiger partial charge >= 0.3 is 0 Å². The first kappa shape index (κ1) is 7.33. The maximum atomic E-state index is 10.7. The van der Waals surface area contributed by atoms with Crippen LogP contribution in [0.5, 0.6) is 0 Å². The summed E-state index contributed by atoms with van der Waals surface area (Å²) in [5.41, 5.74) is 0.0560. The summed E-state index contributed by atoms with van der Waals surface area (Å²) in [6.45, 7) is 0.